The van der Waals surface area contributed by atoms with Crippen molar-refractivity contribution in [2.45, 2.75) is 5.54 Å². The molecule has 4 heteroatoms. The zero-order chi connectivity index (χ0) is 19.4. The Morgan fingerprint density at radius 2 is 1.21 bits per heavy atom. The lowest BCUT2D eigenvalue weighted by atomic mass is 9.77. The fourth-order valence-electron chi connectivity index (χ4n) is 3.64. The molecule has 0 spiro atoms. The molecule has 0 atom stereocenters. The van der Waals surface area contributed by atoms with Gasteiger partial charge in [-0.05, 0) is 16.7 Å². The van der Waals surface area contributed by atoms with Gasteiger partial charge in [-0.1, -0.05) is 91.0 Å². The number of aromatic nitrogens is 2. The standard InChI is InChI=1S/C24H21N3O/c1-27-23(17-22(18-28)26-27)25-24(19-11-5-2-6-12-19,20-13-7-3-8-14-20)21-15-9-4-10-16-21/h2-18,25H,1H3. The summed E-state index contributed by atoms with van der Waals surface area (Å²) in [4.78, 5) is 11.2. The first-order chi connectivity index (χ1) is 13.7. The van der Waals surface area contributed by atoms with E-state index in [0.29, 0.717) is 5.69 Å². The van der Waals surface area contributed by atoms with Crippen molar-refractivity contribution in [1.82, 2.24) is 9.78 Å². The predicted octanol–water partition coefficient (Wildman–Crippen LogP) is 4.64. The number of nitrogens with zero attached hydrogens (tertiary/aromatic N) is 2. The Kier molecular flexibility index (Phi) is 4.77. The first-order valence-electron chi connectivity index (χ1n) is 9.18. The van der Waals surface area contributed by atoms with Crippen LogP contribution in [0.4, 0.5) is 5.82 Å². The molecule has 28 heavy (non-hydrogen) atoms. The van der Waals surface area contributed by atoms with Crippen molar-refractivity contribution >= 4 is 12.1 Å². The number of hydrogen-bond donors (Lipinski definition) is 1. The molecule has 0 fully saturated rings. The summed E-state index contributed by atoms with van der Waals surface area (Å²) in [6, 6.07) is 32.7. The number of benzene rings is 3. The Morgan fingerprint density at radius 1 is 0.786 bits per heavy atom. The fraction of sp³-hybridized carbons (Fsp3) is 0.0833. The molecule has 1 aromatic heterocycles. The summed E-state index contributed by atoms with van der Waals surface area (Å²) in [6.45, 7) is 0. The molecule has 138 valence electrons. The number of aldehydes is 1. The van der Waals surface area contributed by atoms with Gasteiger partial charge in [-0.15, -0.1) is 0 Å². The van der Waals surface area contributed by atoms with E-state index in [2.05, 4.69) is 46.8 Å². The summed E-state index contributed by atoms with van der Waals surface area (Å²) < 4.78 is 1.70. The van der Waals surface area contributed by atoms with E-state index in [0.717, 1.165) is 28.8 Å². The van der Waals surface area contributed by atoms with Crippen LogP contribution >= 0.6 is 0 Å². The number of carbonyl (C=O) groups excluding carboxylic acids is 1. The van der Waals surface area contributed by atoms with Crippen molar-refractivity contribution in [1.29, 1.82) is 0 Å². The minimum atomic E-state index is -0.641. The monoisotopic (exact) mass is 367 g/mol. The van der Waals surface area contributed by atoms with E-state index in [1.165, 1.54) is 0 Å². The van der Waals surface area contributed by atoms with Crippen molar-refractivity contribution < 1.29 is 4.79 Å². The maximum Gasteiger partial charge on any atom is 0.170 e. The van der Waals surface area contributed by atoms with E-state index in [1.54, 1.807) is 10.7 Å². The summed E-state index contributed by atoms with van der Waals surface area (Å²) in [5.41, 5.74) is 3.05. The number of rotatable bonds is 6. The Hall–Kier alpha value is -3.66. The third-order valence-corrected chi connectivity index (χ3v) is 4.96. The van der Waals surface area contributed by atoms with Gasteiger partial charge in [0.2, 0.25) is 0 Å². The molecular weight excluding hydrogens is 346 g/mol. The van der Waals surface area contributed by atoms with E-state index in [4.69, 9.17) is 0 Å². The normalized spacial score (nSPS) is 11.2. The summed E-state index contributed by atoms with van der Waals surface area (Å²) in [5, 5.41) is 7.99. The van der Waals surface area contributed by atoms with Gasteiger partial charge in [-0.25, -0.2) is 0 Å². The van der Waals surface area contributed by atoms with E-state index < -0.39 is 5.54 Å². The van der Waals surface area contributed by atoms with Crippen LogP contribution < -0.4 is 5.32 Å². The molecule has 0 aliphatic carbocycles. The highest BCUT2D eigenvalue weighted by atomic mass is 16.1. The van der Waals surface area contributed by atoms with Crippen molar-refractivity contribution in [2.24, 2.45) is 7.05 Å². The highest BCUT2D eigenvalue weighted by Crippen LogP contribution is 2.39. The topological polar surface area (TPSA) is 46.9 Å². The predicted molar refractivity (Wildman–Crippen MR) is 111 cm³/mol. The van der Waals surface area contributed by atoms with E-state index in [9.17, 15) is 4.79 Å². The third kappa shape index (κ3) is 3.09. The van der Waals surface area contributed by atoms with Gasteiger partial charge in [0.05, 0.1) is 0 Å². The van der Waals surface area contributed by atoms with E-state index in [-0.39, 0.29) is 0 Å². The fourth-order valence-corrected chi connectivity index (χ4v) is 3.64. The van der Waals surface area contributed by atoms with Gasteiger partial charge >= 0.3 is 0 Å². The minimum Gasteiger partial charge on any atom is -0.353 e. The van der Waals surface area contributed by atoms with Gasteiger partial charge in [0, 0.05) is 13.1 Å². The van der Waals surface area contributed by atoms with Gasteiger partial charge in [0.15, 0.2) is 6.29 Å². The molecule has 4 aromatic rings. The van der Waals surface area contributed by atoms with Crippen LogP contribution in [0.5, 0.6) is 0 Å². The van der Waals surface area contributed by atoms with Gasteiger partial charge in [0.1, 0.15) is 17.1 Å². The van der Waals surface area contributed by atoms with Crippen LogP contribution in [0.2, 0.25) is 0 Å². The molecule has 4 nitrogen and oxygen atoms in total. The molecule has 4 rings (SSSR count). The van der Waals surface area contributed by atoms with Crippen molar-refractivity contribution in [3.8, 4) is 0 Å². The molecule has 1 heterocycles. The first-order valence-corrected chi connectivity index (χ1v) is 9.18. The summed E-state index contributed by atoms with van der Waals surface area (Å²) in [5.74, 6) is 0.763. The molecule has 0 amide bonds. The number of nitrogens with one attached hydrogen (secondary N) is 1. The largest absolute Gasteiger partial charge is 0.353 e. The second-order valence-corrected chi connectivity index (χ2v) is 6.67. The molecule has 0 bridgehead atoms. The van der Waals surface area contributed by atoms with Crippen LogP contribution in [-0.4, -0.2) is 16.1 Å². The number of carbonyl (C=O) groups is 1. The van der Waals surface area contributed by atoms with Crippen molar-refractivity contribution in [3.63, 3.8) is 0 Å². The SMILES string of the molecule is Cn1nc(C=O)cc1NC(c1ccccc1)(c1ccccc1)c1ccccc1. The highest BCUT2D eigenvalue weighted by Gasteiger charge is 2.37. The van der Waals surface area contributed by atoms with Gasteiger partial charge in [0.25, 0.3) is 0 Å². The lowest BCUT2D eigenvalue weighted by Crippen LogP contribution is -2.38. The quantitative estimate of drug-likeness (QED) is 0.399. The smallest absolute Gasteiger partial charge is 0.170 e. The second kappa shape index (κ2) is 7.53. The van der Waals surface area contributed by atoms with Crippen LogP contribution in [0.25, 0.3) is 0 Å². The second-order valence-electron chi connectivity index (χ2n) is 6.67. The average Bonchev–Trinajstić information content (AvgIpc) is 3.13. The number of hydrogen-bond acceptors (Lipinski definition) is 3. The molecule has 0 radical (unpaired) electrons. The minimum absolute atomic E-state index is 0.396. The maximum absolute atomic E-state index is 11.2. The summed E-state index contributed by atoms with van der Waals surface area (Å²) in [6.07, 6.45) is 0.764. The molecule has 0 unspecified atom stereocenters. The lowest BCUT2D eigenvalue weighted by Gasteiger charge is -2.37. The number of aryl methyl sites for hydroxylation is 1. The Bertz CT molecular complexity index is 960. The molecule has 0 aliphatic heterocycles. The van der Waals surface area contributed by atoms with Crippen molar-refractivity contribution in [3.05, 3.63) is 119 Å². The van der Waals surface area contributed by atoms with Crippen LogP contribution in [0.15, 0.2) is 97.1 Å². The zero-order valence-electron chi connectivity index (χ0n) is 15.6. The van der Waals surface area contributed by atoms with E-state index >= 15 is 0 Å². The molecule has 3 aromatic carbocycles. The third-order valence-electron chi connectivity index (χ3n) is 4.96. The van der Waals surface area contributed by atoms with E-state index in [1.807, 2.05) is 61.6 Å². The van der Waals surface area contributed by atoms with Crippen LogP contribution in [0.1, 0.15) is 27.2 Å². The Balaban J connectivity index is 2.00. The summed E-state index contributed by atoms with van der Waals surface area (Å²) >= 11 is 0. The molecule has 0 saturated heterocycles. The Labute approximate surface area is 164 Å². The van der Waals surface area contributed by atoms with Crippen LogP contribution in [0.3, 0.4) is 0 Å². The van der Waals surface area contributed by atoms with Crippen LogP contribution in [-0.2, 0) is 12.6 Å². The Morgan fingerprint density at radius 3 is 1.57 bits per heavy atom. The van der Waals surface area contributed by atoms with Gasteiger partial charge in [-0.3, -0.25) is 9.48 Å². The first kappa shape index (κ1) is 17.7. The lowest BCUT2D eigenvalue weighted by molar-refractivity contribution is 0.111. The molecule has 0 saturated carbocycles. The highest BCUT2D eigenvalue weighted by molar-refractivity contribution is 5.74. The molecule has 0 aliphatic rings. The maximum atomic E-state index is 11.2. The summed E-state index contributed by atoms with van der Waals surface area (Å²) in [7, 11) is 1.83. The number of anilines is 1. The van der Waals surface area contributed by atoms with Gasteiger partial charge in [-0.2, -0.15) is 5.10 Å². The van der Waals surface area contributed by atoms with Crippen LogP contribution in [0, 0.1) is 0 Å². The average molecular weight is 367 g/mol. The molecule has 1 N–H and O–H groups in total. The molecular formula is C24H21N3O. The van der Waals surface area contributed by atoms with Gasteiger partial charge < -0.3 is 5.32 Å². The zero-order valence-corrected chi connectivity index (χ0v) is 15.6. The van der Waals surface area contributed by atoms with Crippen molar-refractivity contribution in [2.75, 3.05) is 5.32 Å².